The molecule has 1 N–H and O–H groups in total. The number of amides is 1. The molecule has 0 aromatic heterocycles. The number of rotatable bonds is 6. The third-order valence-electron chi connectivity index (χ3n) is 4.66. The van der Waals surface area contributed by atoms with Crippen molar-refractivity contribution in [1.82, 2.24) is 4.90 Å². The van der Waals surface area contributed by atoms with Crippen LogP contribution in [0.3, 0.4) is 0 Å². The summed E-state index contributed by atoms with van der Waals surface area (Å²) in [4.78, 5) is 38.3. The Morgan fingerprint density at radius 2 is 2.00 bits per heavy atom. The molecule has 8 heteroatoms. The number of esters is 1. The molecular formula is C19H24N2O6. The number of carbonyl (C=O) groups is 3. The largest absolute Gasteiger partial charge is 0.466 e. The van der Waals surface area contributed by atoms with Crippen molar-refractivity contribution >= 4 is 23.3 Å². The molecule has 1 saturated heterocycles. The van der Waals surface area contributed by atoms with E-state index in [4.69, 9.17) is 14.2 Å². The van der Waals surface area contributed by atoms with Crippen molar-refractivity contribution in [3.8, 4) is 11.5 Å². The molecule has 0 aliphatic carbocycles. The normalized spacial score (nSPS) is 18.8. The van der Waals surface area contributed by atoms with Crippen molar-refractivity contribution in [1.29, 1.82) is 0 Å². The van der Waals surface area contributed by atoms with Crippen LogP contribution in [0.4, 0.5) is 5.69 Å². The molecule has 8 nitrogen and oxygen atoms in total. The van der Waals surface area contributed by atoms with E-state index < -0.39 is 0 Å². The molecule has 1 fully saturated rings. The highest BCUT2D eigenvalue weighted by molar-refractivity contribution is 6.05. The molecule has 1 aromatic carbocycles. The summed E-state index contributed by atoms with van der Waals surface area (Å²) in [5.41, 5.74) is 0.770. The lowest BCUT2D eigenvalue weighted by Crippen LogP contribution is -2.43. The van der Waals surface area contributed by atoms with Gasteiger partial charge in [-0.1, -0.05) is 0 Å². The molecule has 1 atom stereocenters. The Kier molecular flexibility index (Phi) is 5.95. The molecule has 0 unspecified atom stereocenters. The number of likely N-dealkylation sites (tertiary alicyclic amines) is 1. The fourth-order valence-corrected chi connectivity index (χ4v) is 3.38. The molecule has 2 heterocycles. The van der Waals surface area contributed by atoms with Crippen LogP contribution in [0.15, 0.2) is 12.1 Å². The van der Waals surface area contributed by atoms with Crippen LogP contribution in [0, 0.1) is 5.92 Å². The van der Waals surface area contributed by atoms with Crippen LogP contribution in [-0.4, -0.2) is 55.6 Å². The Labute approximate surface area is 157 Å². The van der Waals surface area contributed by atoms with Crippen molar-refractivity contribution in [2.45, 2.75) is 26.7 Å². The van der Waals surface area contributed by atoms with Crippen LogP contribution < -0.4 is 14.8 Å². The summed E-state index contributed by atoms with van der Waals surface area (Å²) < 4.78 is 15.7. The van der Waals surface area contributed by atoms with Gasteiger partial charge in [0.05, 0.1) is 24.8 Å². The van der Waals surface area contributed by atoms with Gasteiger partial charge in [-0.05, 0) is 39.3 Å². The maximum atomic E-state index is 12.5. The third kappa shape index (κ3) is 4.57. The number of ketones is 1. The Morgan fingerprint density at radius 3 is 2.70 bits per heavy atom. The standard InChI is InChI=1S/C19H24N2O6/c1-3-25-19(24)13-5-4-6-21(9-13)10-18(23)20-15-8-17-16(26-11-27-17)7-14(15)12(2)22/h7-8,13H,3-6,9-11H2,1-2H3,(H,20,23)/t13-/m1/s1. The van der Waals surface area contributed by atoms with Crippen LogP contribution in [-0.2, 0) is 14.3 Å². The van der Waals surface area contributed by atoms with Gasteiger partial charge < -0.3 is 19.5 Å². The molecule has 1 amide bonds. The molecule has 0 bridgehead atoms. The number of piperidine rings is 1. The number of benzene rings is 1. The fraction of sp³-hybridized carbons (Fsp3) is 0.526. The van der Waals surface area contributed by atoms with E-state index in [1.807, 2.05) is 4.90 Å². The summed E-state index contributed by atoms with van der Waals surface area (Å²) in [5, 5.41) is 2.78. The van der Waals surface area contributed by atoms with Gasteiger partial charge in [-0.25, -0.2) is 0 Å². The molecule has 0 spiro atoms. The van der Waals surface area contributed by atoms with E-state index in [-0.39, 0.29) is 36.9 Å². The minimum atomic E-state index is -0.249. The Bertz CT molecular complexity index is 748. The van der Waals surface area contributed by atoms with Crippen molar-refractivity contribution in [2.75, 3.05) is 38.4 Å². The van der Waals surface area contributed by atoms with Gasteiger partial charge in [0.15, 0.2) is 17.3 Å². The Morgan fingerprint density at radius 1 is 1.26 bits per heavy atom. The Hall–Kier alpha value is -2.61. The number of carbonyl (C=O) groups excluding carboxylic acids is 3. The minimum Gasteiger partial charge on any atom is -0.466 e. The summed E-state index contributed by atoms with van der Waals surface area (Å²) >= 11 is 0. The lowest BCUT2D eigenvalue weighted by Gasteiger charge is -2.30. The smallest absolute Gasteiger partial charge is 0.310 e. The third-order valence-corrected chi connectivity index (χ3v) is 4.66. The monoisotopic (exact) mass is 376 g/mol. The van der Waals surface area contributed by atoms with Crippen molar-refractivity contribution in [2.24, 2.45) is 5.92 Å². The first-order valence-electron chi connectivity index (χ1n) is 9.11. The van der Waals surface area contributed by atoms with Crippen LogP contribution in [0.1, 0.15) is 37.0 Å². The zero-order valence-electron chi connectivity index (χ0n) is 15.6. The van der Waals surface area contributed by atoms with Gasteiger partial charge in [0.25, 0.3) is 0 Å². The van der Waals surface area contributed by atoms with E-state index in [0.717, 1.165) is 19.4 Å². The zero-order valence-corrected chi connectivity index (χ0v) is 15.6. The predicted molar refractivity (Wildman–Crippen MR) is 97.0 cm³/mol. The Balaban J connectivity index is 1.64. The van der Waals surface area contributed by atoms with E-state index in [1.54, 1.807) is 19.1 Å². The van der Waals surface area contributed by atoms with Crippen LogP contribution in [0.2, 0.25) is 0 Å². The number of ether oxygens (including phenoxy) is 3. The quantitative estimate of drug-likeness (QED) is 0.598. The number of fused-ring (bicyclic) bond motifs is 1. The average molecular weight is 376 g/mol. The first kappa shape index (κ1) is 19.2. The lowest BCUT2D eigenvalue weighted by molar-refractivity contribution is -0.150. The van der Waals surface area contributed by atoms with Gasteiger partial charge in [0, 0.05) is 18.2 Å². The molecule has 0 saturated carbocycles. The van der Waals surface area contributed by atoms with E-state index in [9.17, 15) is 14.4 Å². The van der Waals surface area contributed by atoms with Gasteiger partial charge in [-0.3, -0.25) is 19.3 Å². The summed E-state index contributed by atoms with van der Waals surface area (Å²) in [6.07, 6.45) is 1.60. The van der Waals surface area contributed by atoms with Gasteiger partial charge in [-0.2, -0.15) is 0 Å². The number of hydrogen-bond acceptors (Lipinski definition) is 7. The number of nitrogens with zero attached hydrogens (tertiary/aromatic N) is 1. The van der Waals surface area contributed by atoms with Crippen molar-refractivity contribution in [3.05, 3.63) is 17.7 Å². The second-order valence-electron chi connectivity index (χ2n) is 6.68. The summed E-state index contributed by atoms with van der Waals surface area (Å²) in [6.45, 7) is 5.03. The fourth-order valence-electron chi connectivity index (χ4n) is 3.38. The molecule has 2 aliphatic rings. The maximum Gasteiger partial charge on any atom is 0.310 e. The van der Waals surface area contributed by atoms with E-state index >= 15 is 0 Å². The van der Waals surface area contributed by atoms with E-state index in [0.29, 0.717) is 35.9 Å². The van der Waals surface area contributed by atoms with Crippen LogP contribution >= 0.6 is 0 Å². The first-order valence-corrected chi connectivity index (χ1v) is 9.11. The number of nitrogens with one attached hydrogen (secondary N) is 1. The van der Waals surface area contributed by atoms with Gasteiger partial charge >= 0.3 is 5.97 Å². The molecule has 3 rings (SSSR count). The molecule has 1 aromatic rings. The molecular weight excluding hydrogens is 352 g/mol. The topological polar surface area (TPSA) is 94.2 Å². The lowest BCUT2D eigenvalue weighted by atomic mass is 9.98. The molecule has 0 radical (unpaired) electrons. The minimum absolute atomic E-state index is 0.0904. The molecule has 2 aliphatic heterocycles. The summed E-state index contributed by atoms with van der Waals surface area (Å²) in [5.74, 6) is 0.147. The highest BCUT2D eigenvalue weighted by Gasteiger charge is 2.28. The predicted octanol–water partition coefficient (Wildman–Crippen LogP) is 1.83. The summed E-state index contributed by atoms with van der Waals surface area (Å²) in [6, 6.07) is 3.19. The molecule has 27 heavy (non-hydrogen) atoms. The highest BCUT2D eigenvalue weighted by Crippen LogP contribution is 2.37. The van der Waals surface area contributed by atoms with Gasteiger partial charge in [0.2, 0.25) is 12.7 Å². The number of anilines is 1. The highest BCUT2D eigenvalue weighted by atomic mass is 16.7. The van der Waals surface area contributed by atoms with E-state index in [1.165, 1.54) is 6.92 Å². The van der Waals surface area contributed by atoms with Crippen molar-refractivity contribution in [3.63, 3.8) is 0 Å². The second kappa shape index (κ2) is 8.39. The van der Waals surface area contributed by atoms with Gasteiger partial charge in [0.1, 0.15) is 0 Å². The first-order chi connectivity index (χ1) is 13.0. The SMILES string of the molecule is CCOC(=O)[C@@H]1CCCN(CC(=O)Nc2cc3c(cc2C(C)=O)OCO3)C1. The second-order valence-corrected chi connectivity index (χ2v) is 6.68. The zero-order chi connectivity index (χ0) is 19.4. The van der Waals surface area contributed by atoms with Crippen molar-refractivity contribution < 1.29 is 28.6 Å². The van der Waals surface area contributed by atoms with Crippen LogP contribution in [0.25, 0.3) is 0 Å². The number of hydrogen-bond donors (Lipinski definition) is 1. The maximum absolute atomic E-state index is 12.5. The van der Waals surface area contributed by atoms with E-state index in [2.05, 4.69) is 5.32 Å². The average Bonchev–Trinajstić information content (AvgIpc) is 3.08. The van der Waals surface area contributed by atoms with Gasteiger partial charge in [-0.15, -0.1) is 0 Å². The molecule has 146 valence electrons. The summed E-state index contributed by atoms with van der Waals surface area (Å²) in [7, 11) is 0. The van der Waals surface area contributed by atoms with Crippen LogP contribution in [0.5, 0.6) is 11.5 Å². The number of Topliss-reactive ketones (excluding diaryl/α,β-unsaturated/α-hetero) is 1.